The summed E-state index contributed by atoms with van der Waals surface area (Å²) < 4.78 is 0. The number of hydrogen-bond donors (Lipinski definition) is 1. The van der Waals surface area contributed by atoms with Crippen molar-refractivity contribution in [2.45, 2.75) is 19.3 Å². The average Bonchev–Trinajstić information content (AvgIpc) is 2.38. The fourth-order valence-corrected chi connectivity index (χ4v) is 1.45. The third-order valence-electron chi connectivity index (χ3n) is 2.47. The van der Waals surface area contributed by atoms with E-state index in [1.807, 2.05) is 6.07 Å². The van der Waals surface area contributed by atoms with E-state index in [1.165, 1.54) is 4.90 Å². The molecule has 96 valence electrons. The maximum Gasteiger partial charge on any atom is 0.254 e. The van der Waals surface area contributed by atoms with E-state index < -0.39 is 0 Å². The molecule has 0 aliphatic carbocycles. The van der Waals surface area contributed by atoms with Gasteiger partial charge in [-0.2, -0.15) is 0 Å². The van der Waals surface area contributed by atoms with Crippen molar-refractivity contribution in [2.24, 2.45) is 0 Å². The molecule has 1 aromatic rings. The first kappa shape index (κ1) is 14.0. The number of terminal acetylenes is 1. The zero-order valence-electron chi connectivity index (χ0n) is 10.9. The minimum Gasteiger partial charge on any atom is -0.370 e. The van der Waals surface area contributed by atoms with Crippen LogP contribution in [0, 0.1) is 12.3 Å². The van der Waals surface area contributed by atoms with Gasteiger partial charge >= 0.3 is 0 Å². The predicted octanol–water partition coefficient (Wildman–Crippen LogP) is 2.00. The Kier molecular flexibility index (Phi) is 5.72. The van der Waals surface area contributed by atoms with Crippen LogP contribution >= 0.6 is 0 Å². The fraction of sp³-hybridized carbons (Fsp3) is 0.429. The molecule has 0 aliphatic rings. The van der Waals surface area contributed by atoms with Crippen LogP contribution in [-0.2, 0) is 0 Å². The van der Waals surface area contributed by atoms with Crippen LogP contribution in [0.5, 0.6) is 0 Å². The molecule has 0 bridgehead atoms. The molecule has 0 radical (unpaired) electrons. The normalized spacial score (nSPS) is 9.61. The van der Waals surface area contributed by atoms with Gasteiger partial charge in [-0.05, 0) is 25.0 Å². The van der Waals surface area contributed by atoms with Gasteiger partial charge in [-0.1, -0.05) is 0 Å². The molecule has 0 aliphatic heterocycles. The van der Waals surface area contributed by atoms with Crippen LogP contribution in [0.1, 0.15) is 29.6 Å². The summed E-state index contributed by atoms with van der Waals surface area (Å²) in [6, 6.07) is 3.59. The molecular formula is C14H19N3O. The number of rotatable bonds is 6. The molecule has 0 fully saturated rings. The van der Waals surface area contributed by atoms with Crippen molar-refractivity contribution in [3.05, 3.63) is 23.9 Å². The first-order valence-electron chi connectivity index (χ1n) is 6.00. The van der Waals surface area contributed by atoms with Gasteiger partial charge in [0.05, 0.1) is 5.56 Å². The van der Waals surface area contributed by atoms with Gasteiger partial charge in [0.1, 0.15) is 5.82 Å². The number of carbonyl (C=O) groups excluding carboxylic acids is 1. The first-order chi connectivity index (χ1) is 8.65. The lowest BCUT2D eigenvalue weighted by molar-refractivity contribution is 0.0827. The van der Waals surface area contributed by atoms with Gasteiger partial charge in [0.25, 0.3) is 5.91 Å². The highest BCUT2D eigenvalue weighted by molar-refractivity contribution is 5.93. The zero-order chi connectivity index (χ0) is 13.4. The van der Waals surface area contributed by atoms with Crippen LogP contribution in [0.15, 0.2) is 18.3 Å². The molecule has 18 heavy (non-hydrogen) atoms. The third-order valence-corrected chi connectivity index (χ3v) is 2.47. The van der Waals surface area contributed by atoms with Crippen molar-refractivity contribution in [1.29, 1.82) is 0 Å². The van der Waals surface area contributed by atoms with Crippen molar-refractivity contribution in [1.82, 2.24) is 9.88 Å². The molecule has 1 rings (SSSR count). The third kappa shape index (κ3) is 4.46. The fourth-order valence-electron chi connectivity index (χ4n) is 1.45. The molecule has 4 nitrogen and oxygen atoms in total. The highest BCUT2D eigenvalue weighted by atomic mass is 16.2. The number of nitrogens with one attached hydrogen (secondary N) is 1. The van der Waals surface area contributed by atoms with Crippen molar-refractivity contribution >= 4 is 11.7 Å². The van der Waals surface area contributed by atoms with Crippen molar-refractivity contribution < 1.29 is 4.79 Å². The van der Waals surface area contributed by atoms with Crippen molar-refractivity contribution in [3.63, 3.8) is 0 Å². The summed E-state index contributed by atoms with van der Waals surface area (Å²) in [5.41, 5.74) is 0.595. The molecule has 0 aromatic carbocycles. The Balaban J connectivity index is 2.41. The summed E-state index contributed by atoms with van der Waals surface area (Å²) in [6.45, 7) is 0.843. The maximum atomic E-state index is 11.6. The summed E-state index contributed by atoms with van der Waals surface area (Å²) in [6.07, 6.45) is 9.61. The van der Waals surface area contributed by atoms with Gasteiger partial charge in [-0.15, -0.1) is 12.3 Å². The molecule has 4 heteroatoms. The number of nitrogens with zero attached hydrogens (tertiary/aromatic N) is 2. The van der Waals surface area contributed by atoms with Gasteiger partial charge in [0.15, 0.2) is 0 Å². The van der Waals surface area contributed by atoms with E-state index in [9.17, 15) is 4.79 Å². The average molecular weight is 245 g/mol. The van der Waals surface area contributed by atoms with Crippen LogP contribution in [0.25, 0.3) is 0 Å². The second-order valence-electron chi connectivity index (χ2n) is 4.22. The number of anilines is 1. The quantitative estimate of drug-likeness (QED) is 0.616. The smallest absolute Gasteiger partial charge is 0.254 e. The lowest BCUT2D eigenvalue weighted by atomic mass is 10.2. The van der Waals surface area contributed by atoms with Gasteiger partial charge in [0.2, 0.25) is 0 Å². The first-order valence-corrected chi connectivity index (χ1v) is 6.00. The highest BCUT2D eigenvalue weighted by Gasteiger charge is 2.07. The number of pyridine rings is 1. The number of amides is 1. The maximum absolute atomic E-state index is 11.6. The van der Waals surface area contributed by atoms with E-state index in [4.69, 9.17) is 6.42 Å². The molecule has 0 atom stereocenters. The molecule has 0 saturated heterocycles. The summed E-state index contributed by atoms with van der Waals surface area (Å²) in [5, 5.41) is 3.19. The predicted molar refractivity (Wildman–Crippen MR) is 73.4 cm³/mol. The molecule has 1 amide bonds. The molecule has 0 spiro atoms. The Morgan fingerprint density at radius 2 is 2.22 bits per heavy atom. The monoisotopic (exact) mass is 245 g/mol. The van der Waals surface area contributed by atoms with Gasteiger partial charge in [-0.3, -0.25) is 4.79 Å². The molecule has 0 unspecified atom stereocenters. The second-order valence-corrected chi connectivity index (χ2v) is 4.22. The van der Waals surface area contributed by atoms with E-state index >= 15 is 0 Å². The second kappa shape index (κ2) is 7.33. The number of unbranched alkanes of at least 4 members (excludes halogenated alkanes) is 2. The van der Waals surface area contributed by atoms with E-state index in [2.05, 4.69) is 16.2 Å². The number of hydrogen-bond acceptors (Lipinski definition) is 3. The van der Waals surface area contributed by atoms with Crippen molar-refractivity contribution in [2.75, 3.05) is 26.0 Å². The largest absolute Gasteiger partial charge is 0.370 e. The summed E-state index contributed by atoms with van der Waals surface area (Å²) in [7, 11) is 3.44. The Hall–Kier alpha value is -2.02. The Morgan fingerprint density at radius 1 is 1.44 bits per heavy atom. The lowest BCUT2D eigenvalue weighted by Gasteiger charge is -2.10. The molecule has 1 heterocycles. The minimum absolute atomic E-state index is 0.0388. The minimum atomic E-state index is -0.0388. The molecule has 0 saturated carbocycles. The Labute approximate surface area is 108 Å². The van der Waals surface area contributed by atoms with Crippen LogP contribution in [0.2, 0.25) is 0 Å². The highest BCUT2D eigenvalue weighted by Crippen LogP contribution is 2.07. The van der Waals surface area contributed by atoms with Crippen LogP contribution in [0.4, 0.5) is 5.82 Å². The topological polar surface area (TPSA) is 45.2 Å². The van der Waals surface area contributed by atoms with Crippen LogP contribution < -0.4 is 5.32 Å². The number of carbonyl (C=O) groups is 1. The molecule has 1 aromatic heterocycles. The van der Waals surface area contributed by atoms with Crippen LogP contribution in [0.3, 0.4) is 0 Å². The Morgan fingerprint density at radius 3 is 2.78 bits per heavy atom. The SMILES string of the molecule is C#CCCCCNc1ccc(C(=O)N(C)C)cn1. The standard InChI is InChI=1S/C14H19N3O/c1-4-5-6-7-10-15-13-9-8-12(11-16-13)14(18)17(2)3/h1,8-9,11H,5-7,10H2,2-3H3,(H,15,16). The van der Waals surface area contributed by atoms with Gasteiger partial charge in [0, 0.05) is 33.3 Å². The Bertz CT molecular complexity index is 418. The summed E-state index contributed by atoms with van der Waals surface area (Å²) in [5.74, 6) is 3.36. The van der Waals surface area contributed by atoms with Gasteiger partial charge < -0.3 is 10.2 Å². The lowest BCUT2D eigenvalue weighted by Crippen LogP contribution is -2.21. The van der Waals surface area contributed by atoms with E-state index in [1.54, 1.807) is 26.4 Å². The van der Waals surface area contributed by atoms with E-state index in [-0.39, 0.29) is 5.91 Å². The number of aromatic nitrogens is 1. The van der Waals surface area contributed by atoms with Crippen molar-refractivity contribution in [3.8, 4) is 12.3 Å². The van der Waals surface area contributed by atoms with E-state index in [0.29, 0.717) is 5.56 Å². The molecular weight excluding hydrogens is 226 g/mol. The van der Waals surface area contributed by atoms with Crippen LogP contribution in [-0.4, -0.2) is 36.4 Å². The zero-order valence-corrected chi connectivity index (χ0v) is 10.9. The van der Waals surface area contributed by atoms with Gasteiger partial charge in [-0.25, -0.2) is 4.98 Å². The summed E-state index contributed by atoms with van der Waals surface area (Å²) in [4.78, 5) is 17.4. The summed E-state index contributed by atoms with van der Waals surface area (Å²) >= 11 is 0. The molecule has 1 N–H and O–H groups in total. The van der Waals surface area contributed by atoms with E-state index in [0.717, 1.165) is 31.6 Å².